The maximum atomic E-state index is 10.6. The van der Waals surface area contributed by atoms with Crippen LogP contribution < -0.4 is 11.5 Å². The molecule has 8 nitrogen and oxygen atoms in total. The largest absolute Gasteiger partial charge is 0.397 e. The number of nitrogens with zero attached hydrogens (tertiary/aromatic N) is 2. The molecular formula is C7H8N4O4. The van der Waals surface area contributed by atoms with Crippen LogP contribution in [0.15, 0.2) is 6.07 Å². The third-order valence-electron chi connectivity index (χ3n) is 1.90. The first-order valence-electron chi connectivity index (χ1n) is 3.83. The van der Waals surface area contributed by atoms with Crippen molar-refractivity contribution >= 4 is 22.7 Å². The number of nitro groups is 2. The Labute approximate surface area is 83.8 Å². The topological polar surface area (TPSA) is 138 Å². The van der Waals surface area contributed by atoms with Gasteiger partial charge in [-0.15, -0.1) is 0 Å². The number of benzene rings is 1. The highest BCUT2D eigenvalue weighted by atomic mass is 16.6. The van der Waals surface area contributed by atoms with Gasteiger partial charge in [-0.3, -0.25) is 20.2 Å². The van der Waals surface area contributed by atoms with E-state index in [-0.39, 0.29) is 16.9 Å². The summed E-state index contributed by atoms with van der Waals surface area (Å²) in [6.45, 7) is 1.36. The van der Waals surface area contributed by atoms with Gasteiger partial charge in [-0.05, 0) is 13.0 Å². The summed E-state index contributed by atoms with van der Waals surface area (Å²) >= 11 is 0. The number of nitrogen functional groups attached to an aromatic ring is 2. The summed E-state index contributed by atoms with van der Waals surface area (Å²) in [5, 5.41) is 21.2. The second-order valence-electron chi connectivity index (χ2n) is 2.91. The quantitative estimate of drug-likeness (QED) is 0.425. The van der Waals surface area contributed by atoms with E-state index in [1.807, 2.05) is 0 Å². The average Bonchev–Trinajstić information content (AvgIpc) is 2.09. The fraction of sp³-hybridized carbons (Fsp3) is 0.143. The first kappa shape index (κ1) is 10.7. The Balaban J connectivity index is 3.69. The number of hydrogen-bond acceptors (Lipinski definition) is 6. The van der Waals surface area contributed by atoms with Gasteiger partial charge in [-0.2, -0.15) is 0 Å². The number of hydrogen-bond donors (Lipinski definition) is 2. The molecule has 0 fully saturated rings. The van der Waals surface area contributed by atoms with Crippen molar-refractivity contribution in [1.82, 2.24) is 0 Å². The van der Waals surface area contributed by atoms with Crippen molar-refractivity contribution in [2.45, 2.75) is 6.92 Å². The molecule has 1 aromatic rings. The second-order valence-corrected chi connectivity index (χ2v) is 2.91. The van der Waals surface area contributed by atoms with Crippen molar-refractivity contribution in [3.8, 4) is 0 Å². The SMILES string of the molecule is Cc1cc(N)c(N)c([N+](=O)[O-])c1[N+](=O)[O-]. The minimum Gasteiger partial charge on any atom is -0.397 e. The minimum absolute atomic E-state index is 0.0372. The van der Waals surface area contributed by atoms with Crippen LogP contribution in [0, 0.1) is 27.2 Å². The number of nitrogens with two attached hydrogens (primary N) is 2. The number of nitro benzene ring substituents is 2. The van der Waals surface area contributed by atoms with Crippen LogP contribution in [0.25, 0.3) is 0 Å². The molecule has 0 spiro atoms. The van der Waals surface area contributed by atoms with E-state index in [9.17, 15) is 20.2 Å². The molecular weight excluding hydrogens is 204 g/mol. The van der Waals surface area contributed by atoms with E-state index in [4.69, 9.17) is 11.5 Å². The summed E-state index contributed by atoms with van der Waals surface area (Å²) in [6, 6.07) is 1.24. The maximum Gasteiger partial charge on any atom is 0.371 e. The normalized spacial score (nSPS) is 9.93. The zero-order chi connectivity index (χ0) is 11.7. The fourth-order valence-electron chi connectivity index (χ4n) is 1.25. The number of aryl methyl sites for hydroxylation is 1. The van der Waals surface area contributed by atoms with Gasteiger partial charge >= 0.3 is 11.4 Å². The Bertz CT molecular complexity index is 457. The summed E-state index contributed by atoms with van der Waals surface area (Å²) in [5.41, 5.74) is 9.02. The van der Waals surface area contributed by atoms with Crippen molar-refractivity contribution in [1.29, 1.82) is 0 Å². The van der Waals surface area contributed by atoms with E-state index >= 15 is 0 Å². The van der Waals surface area contributed by atoms with Gasteiger partial charge in [0.05, 0.1) is 15.5 Å². The van der Waals surface area contributed by atoms with Crippen LogP contribution in [-0.4, -0.2) is 9.85 Å². The van der Waals surface area contributed by atoms with Crippen LogP contribution in [-0.2, 0) is 0 Å². The molecule has 1 aromatic carbocycles. The molecule has 0 aliphatic rings. The van der Waals surface area contributed by atoms with E-state index < -0.39 is 21.2 Å². The van der Waals surface area contributed by atoms with Crippen LogP contribution in [0.5, 0.6) is 0 Å². The summed E-state index contributed by atoms with van der Waals surface area (Å²) in [5.74, 6) is 0. The van der Waals surface area contributed by atoms with Crippen LogP contribution in [0.3, 0.4) is 0 Å². The van der Waals surface area contributed by atoms with Gasteiger partial charge in [0.1, 0.15) is 5.69 Å². The third kappa shape index (κ3) is 1.64. The average molecular weight is 212 g/mol. The molecule has 0 atom stereocenters. The second kappa shape index (κ2) is 3.40. The van der Waals surface area contributed by atoms with Gasteiger partial charge in [-0.25, -0.2) is 0 Å². The Hall–Kier alpha value is -2.38. The molecule has 80 valence electrons. The molecule has 0 amide bonds. The summed E-state index contributed by atoms with van der Waals surface area (Å²) in [4.78, 5) is 19.5. The molecule has 0 radical (unpaired) electrons. The van der Waals surface area contributed by atoms with Gasteiger partial charge in [0.15, 0.2) is 0 Å². The molecule has 0 aromatic heterocycles. The predicted molar refractivity (Wildman–Crippen MR) is 53.3 cm³/mol. The Kier molecular flexibility index (Phi) is 2.43. The van der Waals surface area contributed by atoms with Crippen LogP contribution in [0.2, 0.25) is 0 Å². The van der Waals surface area contributed by atoms with Crippen molar-refractivity contribution in [3.63, 3.8) is 0 Å². The highest BCUT2D eigenvalue weighted by molar-refractivity contribution is 5.82. The smallest absolute Gasteiger partial charge is 0.371 e. The first-order chi connectivity index (χ1) is 6.86. The van der Waals surface area contributed by atoms with Gasteiger partial charge in [-0.1, -0.05) is 0 Å². The molecule has 0 bridgehead atoms. The Morgan fingerprint density at radius 2 is 1.60 bits per heavy atom. The lowest BCUT2D eigenvalue weighted by Gasteiger charge is -2.04. The molecule has 0 aliphatic heterocycles. The van der Waals surface area contributed by atoms with Crippen molar-refractivity contribution in [3.05, 3.63) is 31.9 Å². The highest BCUT2D eigenvalue weighted by Gasteiger charge is 2.31. The Morgan fingerprint density at radius 1 is 1.13 bits per heavy atom. The molecule has 8 heteroatoms. The molecule has 1 rings (SSSR count). The fourth-order valence-corrected chi connectivity index (χ4v) is 1.25. The lowest BCUT2D eigenvalue weighted by atomic mass is 10.1. The number of rotatable bonds is 2. The summed E-state index contributed by atoms with van der Waals surface area (Å²) in [7, 11) is 0. The van der Waals surface area contributed by atoms with E-state index in [0.717, 1.165) is 0 Å². The van der Waals surface area contributed by atoms with Crippen molar-refractivity contribution < 1.29 is 9.85 Å². The van der Waals surface area contributed by atoms with Crippen LogP contribution >= 0.6 is 0 Å². The van der Waals surface area contributed by atoms with Crippen LogP contribution in [0.1, 0.15) is 5.56 Å². The third-order valence-corrected chi connectivity index (χ3v) is 1.90. The van der Waals surface area contributed by atoms with E-state index in [1.54, 1.807) is 0 Å². The van der Waals surface area contributed by atoms with E-state index in [2.05, 4.69) is 0 Å². The molecule has 15 heavy (non-hydrogen) atoms. The molecule has 0 saturated carbocycles. The Morgan fingerprint density at radius 3 is 2.00 bits per heavy atom. The van der Waals surface area contributed by atoms with Crippen molar-refractivity contribution in [2.24, 2.45) is 0 Å². The zero-order valence-corrected chi connectivity index (χ0v) is 7.76. The van der Waals surface area contributed by atoms with Crippen LogP contribution in [0.4, 0.5) is 22.7 Å². The first-order valence-corrected chi connectivity index (χ1v) is 3.83. The lowest BCUT2D eigenvalue weighted by molar-refractivity contribution is -0.422. The number of anilines is 2. The molecule has 0 unspecified atom stereocenters. The molecule has 0 heterocycles. The van der Waals surface area contributed by atoms with Gasteiger partial charge in [0, 0.05) is 5.56 Å². The monoisotopic (exact) mass is 212 g/mol. The molecule has 0 saturated heterocycles. The molecule has 4 N–H and O–H groups in total. The minimum atomic E-state index is -0.906. The van der Waals surface area contributed by atoms with Crippen molar-refractivity contribution in [2.75, 3.05) is 11.5 Å². The summed E-state index contributed by atoms with van der Waals surface area (Å²) < 4.78 is 0. The summed E-state index contributed by atoms with van der Waals surface area (Å²) in [6.07, 6.45) is 0. The standard InChI is InChI=1S/C7H8N4O4/c1-3-2-4(8)5(9)7(11(14)15)6(3)10(12)13/h2H,8-9H2,1H3. The highest BCUT2D eigenvalue weighted by Crippen LogP contribution is 2.39. The lowest BCUT2D eigenvalue weighted by Crippen LogP contribution is -2.05. The van der Waals surface area contributed by atoms with Gasteiger partial charge in [0.25, 0.3) is 0 Å². The van der Waals surface area contributed by atoms with Gasteiger partial charge < -0.3 is 11.5 Å². The van der Waals surface area contributed by atoms with E-state index in [1.165, 1.54) is 13.0 Å². The van der Waals surface area contributed by atoms with Gasteiger partial charge in [0.2, 0.25) is 0 Å². The maximum absolute atomic E-state index is 10.6. The zero-order valence-electron chi connectivity index (χ0n) is 7.76. The predicted octanol–water partition coefficient (Wildman–Crippen LogP) is 0.976. The molecule has 0 aliphatic carbocycles. The van der Waals surface area contributed by atoms with E-state index in [0.29, 0.717) is 0 Å².